The Morgan fingerprint density at radius 2 is 2.00 bits per heavy atom. The van der Waals surface area contributed by atoms with Gasteiger partial charge in [0.25, 0.3) is 0 Å². The minimum absolute atomic E-state index is 0.0683. The van der Waals surface area contributed by atoms with Gasteiger partial charge in [0.2, 0.25) is 0 Å². The molecule has 0 aliphatic carbocycles. The third-order valence-corrected chi connectivity index (χ3v) is 2.32. The Balaban J connectivity index is 2.49. The normalized spacial score (nSPS) is 10.3. The first-order valence-corrected chi connectivity index (χ1v) is 4.77. The fourth-order valence-electron chi connectivity index (χ4n) is 1.30. The highest BCUT2D eigenvalue weighted by Gasteiger charge is 2.13. The van der Waals surface area contributed by atoms with Crippen LogP contribution in [0.25, 0.3) is 11.3 Å². The summed E-state index contributed by atoms with van der Waals surface area (Å²) in [6.45, 7) is 1.48. The Morgan fingerprint density at radius 1 is 1.33 bits per heavy atom. The van der Waals surface area contributed by atoms with Crippen molar-refractivity contribution < 1.29 is 9.32 Å². The fraction of sp³-hybridized carbons (Fsp3) is 0.0909. The number of halogens is 1. The first-order valence-electron chi connectivity index (χ1n) is 4.40. The summed E-state index contributed by atoms with van der Waals surface area (Å²) >= 11 is 5.76. The highest BCUT2D eigenvalue weighted by molar-refractivity contribution is 6.30. The molecule has 2 aromatic rings. The summed E-state index contributed by atoms with van der Waals surface area (Å²) < 4.78 is 4.79. The Morgan fingerprint density at radius 3 is 2.60 bits per heavy atom. The molecule has 0 unspecified atom stereocenters. The Labute approximate surface area is 91.6 Å². The highest BCUT2D eigenvalue weighted by atomic mass is 35.5. The van der Waals surface area contributed by atoms with Crippen molar-refractivity contribution in [3.8, 4) is 11.3 Å². The molecule has 0 spiro atoms. The van der Waals surface area contributed by atoms with Crippen molar-refractivity contribution in [3.05, 3.63) is 41.1 Å². The largest absolute Gasteiger partial charge is 0.363 e. The molecule has 76 valence electrons. The smallest absolute Gasteiger partial charge is 0.165 e. The molecule has 0 amide bonds. The van der Waals surface area contributed by atoms with Gasteiger partial charge in [-0.1, -0.05) is 28.9 Å². The zero-order valence-corrected chi connectivity index (χ0v) is 8.78. The second-order valence-electron chi connectivity index (χ2n) is 3.14. The molecule has 0 aliphatic heterocycles. The summed E-state index contributed by atoms with van der Waals surface area (Å²) in [5.41, 5.74) is 1.86. The van der Waals surface area contributed by atoms with E-state index in [0.29, 0.717) is 16.3 Å². The Bertz CT molecular complexity index is 488. The second kappa shape index (κ2) is 3.87. The molecule has 1 aromatic carbocycles. The van der Waals surface area contributed by atoms with Crippen LogP contribution in [0.5, 0.6) is 0 Å². The van der Waals surface area contributed by atoms with Gasteiger partial charge in [-0.25, -0.2) is 0 Å². The fourth-order valence-corrected chi connectivity index (χ4v) is 1.43. The van der Waals surface area contributed by atoms with E-state index in [4.69, 9.17) is 16.1 Å². The standard InChI is InChI=1S/C11H8ClNO2/c1-7(14)10-6-15-13-11(10)8-2-4-9(12)5-3-8/h2-6H,1H3. The van der Waals surface area contributed by atoms with Gasteiger partial charge >= 0.3 is 0 Å². The topological polar surface area (TPSA) is 43.1 Å². The molecule has 2 rings (SSSR count). The molecule has 0 saturated carbocycles. The van der Waals surface area contributed by atoms with Gasteiger partial charge in [-0.3, -0.25) is 4.79 Å². The lowest BCUT2D eigenvalue weighted by Crippen LogP contribution is -1.92. The molecule has 0 N–H and O–H groups in total. The molecular weight excluding hydrogens is 214 g/mol. The van der Waals surface area contributed by atoms with E-state index in [1.54, 1.807) is 24.3 Å². The average Bonchev–Trinajstić information content (AvgIpc) is 2.67. The van der Waals surface area contributed by atoms with Gasteiger partial charge in [-0.2, -0.15) is 0 Å². The van der Waals surface area contributed by atoms with Crippen LogP contribution >= 0.6 is 11.6 Å². The van der Waals surface area contributed by atoms with Crippen LogP contribution in [0.1, 0.15) is 17.3 Å². The number of ketones is 1. The number of aromatic nitrogens is 1. The number of carbonyl (C=O) groups is 1. The number of carbonyl (C=O) groups excluding carboxylic acids is 1. The molecule has 0 atom stereocenters. The van der Waals surface area contributed by atoms with Gasteiger partial charge in [-0.15, -0.1) is 0 Å². The molecule has 0 aliphatic rings. The Kier molecular flexibility index (Phi) is 2.56. The third kappa shape index (κ3) is 1.92. The van der Waals surface area contributed by atoms with Gasteiger partial charge in [0.05, 0.1) is 5.56 Å². The van der Waals surface area contributed by atoms with E-state index in [1.165, 1.54) is 13.2 Å². The molecule has 15 heavy (non-hydrogen) atoms. The zero-order valence-electron chi connectivity index (χ0n) is 8.03. The number of rotatable bonds is 2. The summed E-state index contributed by atoms with van der Waals surface area (Å²) in [4.78, 5) is 11.2. The van der Waals surface area contributed by atoms with Crippen LogP contribution in [0, 0.1) is 0 Å². The SMILES string of the molecule is CC(=O)c1conc1-c1ccc(Cl)cc1. The van der Waals surface area contributed by atoms with Crippen LogP contribution in [0.15, 0.2) is 35.1 Å². The van der Waals surface area contributed by atoms with Crippen LogP contribution in [-0.4, -0.2) is 10.9 Å². The van der Waals surface area contributed by atoms with E-state index < -0.39 is 0 Å². The predicted octanol–water partition coefficient (Wildman–Crippen LogP) is 3.20. The first-order chi connectivity index (χ1) is 7.18. The van der Waals surface area contributed by atoms with Gasteiger partial charge in [0.1, 0.15) is 12.0 Å². The summed E-state index contributed by atoms with van der Waals surface area (Å²) in [6, 6.07) is 7.09. The Hall–Kier alpha value is -1.61. The van der Waals surface area contributed by atoms with E-state index in [9.17, 15) is 4.79 Å². The molecule has 0 bridgehead atoms. The minimum Gasteiger partial charge on any atom is -0.363 e. The van der Waals surface area contributed by atoms with Crippen molar-refractivity contribution in [1.29, 1.82) is 0 Å². The predicted molar refractivity (Wildman–Crippen MR) is 57.0 cm³/mol. The highest BCUT2D eigenvalue weighted by Crippen LogP contribution is 2.23. The van der Waals surface area contributed by atoms with Gasteiger partial charge in [0.15, 0.2) is 5.78 Å². The summed E-state index contributed by atoms with van der Waals surface area (Å²) in [7, 11) is 0. The summed E-state index contributed by atoms with van der Waals surface area (Å²) in [6.07, 6.45) is 1.35. The van der Waals surface area contributed by atoms with E-state index in [0.717, 1.165) is 5.56 Å². The van der Waals surface area contributed by atoms with Crippen molar-refractivity contribution >= 4 is 17.4 Å². The average molecular weight is 222 g/mol. The summed E-state index contributed by atoms with van der Waals surface area (Å²) in [5, 5.41) is 4.44. The van der Waals surface area contributed by atoms with E-state index in [-0.39, 0.29) is 5.78 Å². The molecule has 3 nitrogen and oxygen atoms in total. The molecule has 0 radical (unpaired) electrons. The lowest BCUT2D eigenvalue weighted by Gasteiger charge is -1.97. The molecular formula is C11H8ClNO2. The maximum atomic E-state index is 11.2. The van der Waals surface area contributed by atoms with Crippen LogP contribution in [0.4, 0.5) is 0 Å². The molecule has 1 aromatic heterocycles. The van der Waals surface area contributed by atoms with Crippen LogP contribution < -0.4 is 0 Å². The quantitative estimate of drug-likeness (QED) is 0.732. The number of hydrogen-bond acceptors (Lipinski definition) is 3. The van der Waals surface area contributed by atoms with E-state index >= 15 is 0 Å². The number of benzene rings is 1. The number of Topliss-reactive ketones (excluding diaryl/α,β-unsaturated/α-hetero) is 1. The van der Waals surface area contributed by atoms with Gasteiger partial charge in [0, 0.05) is 10.6 Å². The maximum Gasteiger partial charge on any atom is 0.165 e. The van der Waals surface area contributed by atoms with E-state index in [2.05, 4.69) is 5.16 Å². The third-order valence-electron chi connectivity index (χ3n) is 2.07. The maximum absolute atomic E-state index is 11.2. The monoisotopic (exact) mass is 221 g/mol. The molecule has 1 heterocycles. The van der Waals surface area contributed by atoms with Gasteiger partial charge in [-0.05, 0) is 19.1 Å². The second-order valence-corrected chi connectivity index (χ2v) is 3.58. The van der Waals surface area contributed by atoms with E-state index in [1.807, 2.05) is 0 Å². The van der Waals surface area contributed by atoms with Crippen LogP contribution in [-0.2, 0) is 0 Å². The molecule has 0 fully saturated rings. The summed E-state index contributed by atoms with van der Waals surface area (Å²) in [5.74, 6) is -0.0683. The lowest BCUT2D eigenvalue weighted by atomic mass is 10.1. The number of nitrogens with zero attached hydrogens (tertiary/aromatic N) is 1. The molecule has 4 heteroatoms. The number of hydrogen-bond donors (Lipinski definition) is 0. The first kappa shape index (κ1) is 9.93. The van der Waals surface area contributed by atoms with Crippen molar-refractivity contribution in [2.75, 3.05) is 0 Å². The van der Waals surface area contributed by atoms with Crippen molar-refractivity contribution in [2.24, 2.45) is 0 Å². The van der Waals surface area contributed by atoms with Crippen LogP contribution in [0.3, 0.4) is 0 Å². The minimum atomic E-state index is -0.0683. The van der Waals surface area contributed by atoms with Crippen molar-refractivity contribution in [1.82, 2.24) is 5.16 Å². The molecule has 0 saturated heterocycles. The van der Waals surface area contributed by atoms with Crippen LogP contribution in [0.2, 0.25) is 5.02 Å². The van der Waals surface area contributed by atoms with Crippen molar-refractivity contribution in [3.63, 3.8) is 0 Å². The zero-order chi connectivity index (χ0) is 10.8. The van der Waals surface area contributed by atoms with Gasteiger partial charge < -0.3 is 4.52 Å². The lowest BCUT2D eigenvalue weighted by molar-refractivity contribution is 0.101. The van der Waals surface area contributed by atoms with Crippen molar-refractivity contribution in [2.45, 2.75) is 6.92 Å².